The number of rotatable bonds is 8. The van der Waals surface area contributed by atoms with Gasteiger partial charge in [-0.1, -0.05) is 29.3 Å². The smallest absolute Gasteiger partial charge is 0.414 e. The minimum Gasteiger partial charge on any atom is -0.473 e. The number of carboxylic acid groups (broad SMARTS) is 2. The van der Waals surface area contributed by atoms with Crippen molar-refractivity contribution in [1.82, 2.24) is 15.1 Å². The largest absolute Gasteiger partial charge is 0.473 e. The molecule has 196 valence electrons. The average molecular weight is 534 g/mol. The van der Waals surface area contributed by atoms with Gasteiger partial charge in [0.1, 0.15) is 12.1 Å². The highest BCUT2D eigenvalue weighted by atomic mass is 35.5. The number of nitrogens with one attached hydrogen (secondary N) is 1. The number of ether oxygens (including phenoxy) is 1. The molecule has 2 amide bonds. The Morgan fingerprint density at radius 3 is 2.14 bits per heavy atom. The SMILES string of the molecule is CC(C)(C)OC(=O)NCC(=O)N(CCc1ccc(Cl)c(Cl)c1)CCN1CCCC1.O=C(O)C(=O)O. The van der Waals surface area contributed by atoms with Crippen molar-refractivity contribution in [3.63, 3.8) is 0 Å². The molecule has 1 aromatic rings. The van der Waals surface area contributed by atoms with Crippen LogP contribution in [0.25, 0.3) is 0 Å². The summed E-state index contributed by atoms with van der Waals surface area (Å²) < 4.78 is 5.21. The summed E-state index contributed by atoms with van der Waals surface area (Å²) in [5, 5.41) is 18.4. The van der Waals surface area contributed by atoms with E-state index in [2.05, 4.69) is 10.2 Å². The van der Waals surface area contributed by atoms with Crippen molar-refractivity contribution in [2.24, 2.45) is 0 Å². The number of aliphatic carboxylic acids is 2. The molecule has 0 bridgehead atoms. The van der Waals surface area contributed by atoms with E-state index in [4.69, 9.17) is 47.7 Å². The summed E-state index contributed by atoms with van der Waals surface area (Å²) in [7, 11) is 0. The molecule has 10 nitrogen and oxygen atoms in total. The second kappa shape index (κ2) is 14.8. The third-order valence-corrected chi connectivity index (χ3v) is 5.60. The molecule has 1 fully saturated rings. The molecule has 1 aliphatic rings. The lowest BCUT2D eigenvalue weighted by atomic mass is 10.1. The number of nitrogens with zero attached hydrogens (tertiary/aromatic N) is 2. The van der Waals surface area contributed by atoms with Gasteiger partial charge >= 0.3 is 18.0 Å². The molecule has 0 atom stereocenters. The van der Waals surface area contributed by atoms with Gasteiger partial charge in [-0.3, -0.25) is 4.79 Å². The van der Waals surface area contributed by atoms with Crippen LogP contribution in [0.1, 0.15) is 39.2 Å². The number of halogens is 2. The maximum absolute atomic E-state index is 12.8. The molecule has 0 aromatic heterocycles. The van der Waals surface area contributed by atoms with Crippen molar-refractivity contribution in [3.8, 4) is 0 Å². The van der Waals surface area contributed by atoms with Crippen LogP contribution in [-0.2, 0) is 25.5 Å². The lowest BCUT2D eigenvalue weighted by Crippen LogP contribution is -2.45. The van der Waals surface area contributed by atoms with Crippen LogP contribution < -0.4 is 5.32 Å². The molecule has 1 aromatic carbocycles. The van der Waals surface area contributed by atoms with E-state index in [-0.39, 0.29) is 12.5 Å². The molecule has 1 heterocycles. The fourth-order valence-electron chi connectivity index (χ4n) is 3.16. The van der Waals surface area contributed by atoms with Gasteiger partial charge < -0.3 is 30.1 Å². The molecule has 3 N–H and O–H groups in total. The van der Waals surface area contributed by atoms with Gasteiger partial charge in [0.15, 0.2) is 0 Å². The maximum Gasteiger partial charge on any atom is 0.414 e. The Labute approximate surface area is 215 Å². The first kappa shape index (κ1) is 30.5. The molecular weight excluding hydrogens is 501 g/mol. The number of carboxylic acids is 2. The molecule has 0 spiro atoms. The number of amides is 2. The van der Waals surface area contributed by atoms with Crippen molar-refractivity contribution in [1.29, 1.82) is 0 Å². The third-order valence-electron chi connectivity index (χ3n) is 4.86. The predicted molar refractivity (Wildman–Crippen MR) is 132 cm³/mol. The highest BCUT2D eigenvalue weighted by Crippen LogP contribution is 2.23. The van der Waals surface area contributed by atoms with E-state index in [0.717, 1.165) is 25.2 Å². The normalized spacial score (nSPS) is 13.4. The third kappa shape index (κ3) is 13.2. The summed E-state index contributed by atoms with van der Waals surface area (Å²) in [5.74, 6) is -3.78. The van der Waals surface area contributed by atoms with Crippen molar-refractivity contribution in [3.05, 3.63) is 33.8 Å². The number of carbonyl (C=O) groups excluding carboxylic acids is 2. The molecule has 0 unspecified atom stereocenters. The molecule has 0 saturated carbocycles. The van der Waals surface area contributed by atoms with E-state index in [9.17, 15) is 9.59 Å². The fraction of sp³-hybridized carbons (Fsp3) is 0.565. The van der Waals surface area contributed by atoms with Crippen molar-refractivity contribution < 1.29 is 34.1 Å². The Hall–Kier alpha value is -2.56. The van der Waals surface area contributed by atoms with Gasteiger partial charge in [0, 0.05) is 19.6 Å². The lowest BCUT2D eigenvalue weighted by molar-refractivity contribution is -0.159. The van der Waals surface area contributed by atoms with Crippen LogP contribution in [-0.4, -0.2) is 88.8 Å². The molecule has 0 radical (unpaired) electrons. The van der Waals surface area contributed by atoms with Gasteiger partial charge in [0.25, 0.3) is 0 Å². The van der Waals surface area contributed by atoms with Gasteiger partial charge in [-0.2, -0.15) is 0 Å². The molecule has 12 heteroatoms. The van der Waals surface area contributed by atoms with E-state index < -0.39 is 23.6 Å². The Balaban J connectivity index is 0.000000905. The maximum atomic E-state index is 12.8. The van der Waals surface area contributed by atoms with Crippen LogP contribution in [0.15, 0.2) is 18.2 Å². The van der Waals surface area contributed by atoms with Gasteiger partial charge in [0.2, 0.25) is 5.91 Å². The first-order valence-electron chi connectivity index (χ1n) is 11.2. The minimum absolute atomic E-state index is 0.0870. The summed E-state index contributed by atoms with van der Waals surface area (Å²) >= 11 is 12.1. The number of likely N-dealkylation sites (tertiary alicyclic amines) is 1. The summed E-state index contributed by atoms with van der Waals surface area (Å²) in [6.07, 6.45) is 2.49. The Morgan fingerprint density at radius 2 is 1.63 bits per heavy atom. The zero-order valence-electron chi connectivity index (χ0n) is 20.2. The van der Waals surface area contributed by atoms with Crippen molar-refractivity contribution in [2.45, 2.75) is 45.6 Å². The minimum atomic E-state index is -1.82. The van der Waals surface area contributed by atoms with Crippen LogP contribution in [0.3, 0.4) is 0 Å². The number of alkyl carbamates (subject to hydrolysis) is 1. The standard InChI is InChI=1S/C21H31Cl2N3O3.C2H2O4/c1-21(2,3)29-20(28)24-15-19(27)26(13-12-25-9-4-5-10-25)11-8-16-6-7-17(22)18(23)14-16;3-1(4)2(5)6/h6-7,14H,4-5,8-13,15H2,1-3H3,(H,24,28);(H,3,4)(H,5,6). The van der Waals surface area contributed by atoms with Gasteiger partial charge in [-0.15, -0.1) is 0 Å². The Bertz CT molecular complexity index is 872. The quantitative estimate of drug-likeness (QED) is 0.433. The zero-order valence-corrected chi connectivity index (χ0v) is 21.7. The molecule has 1 saturated heterocycles. The van der Waals surface area contributed by atoms with E-state index in [1.54, 1.807) is 31.7 Å². The highest BCUT2D eigenvalue weighted by Gasteiger charge is 2.20. The second-order valence-electron chi connectivity index (χ2n) is 8.89. The van der Waals surface area contributed by atoms with Gasteiger partial charge in [-0.25, -0.2) is 14.4 Å². The summed E-state index contributed by atoms with van der Waals surface area (Å²) in [6, 6.07) is 5.50. The lowest BCUT2D eigenvalue weighted by Gasteiger charge is -2.26. The number of benzene rings is 1. The fourth-order valence-corrected chi connectivity index (χ4v) is 3.48. The molecular formula is C23H33Cl2N3O7. The Morgan fingerprint density at radius 1 is 1.03 bits per heavy atom. The average Bonchev–Trinajstić information content (AvgIpc) is 3.27. The number of carbonyl (C=O) groups is 4. The summed E-state index contributed by atoms with van der Waals surface area (Å²) in [6.45, 7) is 9.42. The number of hydrogen-bond donors (Lipinski definition) is 3. The van der Waals surface area contributed by atoms with E-state index in [0.29, 0.717) is 29.6 Å². The molecule has 0 aliphatic carbocycles. The molecule has 2 rings (SSSR count). The number of hydrogen-bond acceptors (Lipinski definition) is 6. The first-order valence-corrected chi connectivity index (χ1v) is 11.9. The van der Waals surface area contributed by atoms with Crippen LogP contribution in [0.2, 0.25) is 10.0 Å². The molecule has 35 heavy (non-hydrogen) atoms. The van der Waals surface area contributed by atoms with Gasteiger partial charge in [-0.05, 0) is 70.8 Å². The van der Waals surface area contributed by atoms with Crippen LogP contribution in [0.4, 0.5) is 4.79 Å². The van der Waals surface area contributed by atoms with Crippen molar-refractivity contribution >= 4 is 47.1 Å². The topological polar surface area (TPSA) is 136 Å². The van der Waals surface area contributed by atoms with Crippen LogP contribution in [0, 0.1) is 0 Å². The Kier molecular flexibility index (Phi) is 12.8. The van der Waals surface area contributed by atoms with Crippen LogP contribution >= 0.6 is 23.2 Å². The predicted octanol–water partition coefficient (Wildman–Crippen LogP) is 3.14. The van der Waals surface area contributed by atoms with Crippen LogP contribution in [0.5, 0.6) is 0 Å². The summed E-state index contributed by atoms with van der Waals surface area (Å²) in [5.41, 5.74) is 0.412. The van der Waals surface area contributed by atoms with E-state index in [1.165, 1.54) is 12.8 Å². The summed E-state index contributed by atoms with van der Waals surface area (Å²) in [4.78, 5) is 47.0. The van der Waals surface area contributed by atoms with E-state index >= 15 is 0 Å². The zero-order chi connectivity index (χ0) is 26.6. The van der Waals surface area contributed by atoms with E-state index in [1.807, 2.05) is 12.1 Å². The monoisotopic (exact) mass is 533 g/mol. The first-order chi connectivity index (χ1) is 16.3. The van der Waals surface area contributed by atoms with Crippen molar-refractivity contribution in [2.75, 3.05) is 39.3 Å². The highest BCUT2D eigenvalue weighted by molar-refractivity contribution is 6.42. The van der Waals surface area contributed by atoms with Gasteiger partial charge in [0.05, 0.1) is 10.0 Å². The second-order valence-corrected chi connectivity index (χ2v) is 9.71. The molecule has 1 aliphatic heterocycles.